The van der Waals surface area contributed by atoms with Crippen LogP contribution < -0.4 is 10.6 Å². The molecule has 1 rings (SSSR count). The van der Waals surface area contributed by atoms with E-state index in [1.807, 2.05) is 30.3 Å². The fraction of sp³-hybridized carbons (Fsp3) is 0.357. The standard InChI is InChI=1S/C14H20N2O/c1-3-12(2)9-15-11-14(17)16-10-13-7-5-4-6-8-13/h4-8,15H,2-3,9-11H2,1H3,(H,16,17). The summed E-state index contributed by atoms with van der Waals surface area (Å²) in [6.45, 7) is 7.55. The number of rotatable bonds is 7. The molecule has 1 amide bonds. The average Bonchev–Trinajstić information content (AvgIpc) is 2.37. The Labute approximate surface area is 103 Å². The molecular formula is C14H20N2O. The molecule has 0 heterocycles. The van der Waals surface area contributed by atoms with E-state index in [-0.39, 0.29) is 5.91 Å². The summed E-state index contributed by atoms with van der Waals surface area (Å²) in [6, 6.07) is 9.87. The van der Waals surface area contributed by atoms with E-state index in [1.165, 1.54) is 0 Å². The van der Waals surface area contributed by atoms with E-state index in [9.17, 15) is 4.79 Å². The van der Waals surface area contributed by atoms with E-state index in [0.717, 1.165) is 17.6 Å². The Kier molecular flexibility index (Phi) is 6.04. The summed E-state index contributed by atoms with van der Waals surface area (Å²) in [5.74, 6) is 0.0118. The number of benzene rings is 1. The Hall–Kier alpha value is -1.61. The summed E-state index contributed by atoms with van der Waals surface area (Å²) < 4.78 is 0. The molecule has 0 atom stereocenters. The first kappa shape index (κ1) is 13.5. The van der Waals surface area contributed by atoms with Gasteiger partial charge in [0, 0.05) is 13.1 Å². The van der Waals surface area contributed by atoms with Crippen molar-refractivity contribution in [2.75, 3.05) is 13.1 Å². The van der Waals surface area contributed by atoms with Gasteiger partial charge in [-0.3, -0.25) is 4.79 Å². The Morgan fingerprint density at radius 3 is 2.59 bits per heavy atom. The van der Waals surface area contributed by atoms with E-state index >= 15 is 0 Å². The third-order valence-electron chi connectivity index (χ3n) is 2.49. The first-order valence-electron chi connectivity index (χ1n) is 5.90. The van der Waals surface area contributed by atoms with Gasteiger partial charge in [-0.25, -0.2) is 0 Å². The second kappa shape index (κ2) is 7.63. The molecule has 92 valence electrons. The Bertz CT molecular complexity index is 360. The molecule has 0 bridgehead atoms. The summed E-state index contributed by atoms with van der Waals surface area (Å²) in [5, 5.41) is 5.92. The molecule has 2 N–H and O–H groups in total. The van der Waals surface area contributed by atoms with Gasteiger partial charge in [-0.2, -0.15) is 0 Å². The summed E-state index contributed by atoms with van der Waals surface area (Å²) in [4.78, 5) is 11.5. The Balaban J connectivity index is 2.16. The first-order valence-corrected chi connectivity index (χ1v) is 5.90. The number of hydrogen-bond donors (Lipinski definition) is 2. The van der Waals surface area contributed by atoms with Crippen LogP contribution in [-0.2, 0) is 11.3 Å². The first-order chi connectivity index (χ1) is 8.22. The lowest BCUT2D eigenvalue weighted by atomic mass is 10.2. The van der Waals surface area contributed by atoms with Gasteiger partial charge in [0.1, 0.15) is 0 Å². The fourth-order valence-corrected chi connectivity index (χ4v) is 1.34. The van der Waals surface area contributed by atoms with Crippen LogP contribution in [0.25, 0.3) is 0 Å². The molecule has 0 saturated heterocycles. The van der Waals surface area contributed by atoms with Gasteiger partial charge < -0.3 is 10.6 Å². The normalized spacial score (nSPS) is 9.94. The third kappa shape index (κ3) is 5.88. The van der Waals surface area contributed by atoms with Crippen LogP contribution in [-0.4, -0.2) is 19.0 Å². The van der Waals surface area contributed by atoms with Crippen molar-refractivity contribution in [2.24, 2.45) is 0 Å². The molecule has 1 aromatic carbocycles. The molecule has 3 nitrogen and oxygen atoms in total. The van der Waals surface area contributed by atoms with E-state index < -0.39 is 0 Å². The van der Waals surface area contributed by atoms with Crippen molar-refractivity contribution >= 4 is 5.91 Å². The van der Waals surface area contributed by atoms with Crippen LogP contribution in [0, 0.1) is 0 Å². The highest BCUT2D eigenvalue weighted by molar-refractivity contribution is 5.77. The van der Waals surface area contributed by atoms with Gasteiger partial charge in [-0.05, 0) is 12.0 Å². The third-order valence-corrected chi connectivity index (χ3v) is 2.49. The van der Waals surface area contributed by atoms with Gasteiger partial charge in [0.05, 0.1) is 6.54 Å². The quantitative estimate of drug-likeness (QED) is 0.705. The molecule has 0 saturated carbocycles. The van der Waals surface area contributed by atoms with E-state index in [2.05, 4.69) is 24.1 Å². The lowest BCUT2D eigenvalue weighted by Crippen LogP contribution is -2.34. The van der Waals surface area contributed by atoms with Crippen molar-refractivity contribution in [3.63, 3.8) is 0 Å². The summed E-state index contributed by atoms with van der Waals surface area (Å²) in [7, 11) is 0. The van der Waals surface area contributed by atoms with E-state index in [0.29, 0.717) is 19.6 Å². The van der Waals surface area contributed by atoms with E-state index in [4.69, 9.17) is 0 Å². The minimum Gasteiger partial charge on any atom is -0.351 e. The summed E-state index contributed by atoms with van der Waals surface area (Å²) in [6.07, 6.45) is 0.943. The van der Waals surface area contributed by atoms with Gasteiger partial charge in [-0.1, -0.05) is 49.4 Å². The molecule has 1 aromatic rings. The molecule has 0 aliphatic heterocycles. The molecule has 0 radical (unpaired) electrons. The van der Waals surface area contributed by atoms with Crippen LogP contribution in [0.5, 0.6) is 0 Å². The zero-order valence-corrected chi connectivity index (χ0v) is 10.3. The van der Waals surface area contributed by atoms with Crippen LogP contribution in [0.4, 0.5) is 0 Å². The Morgan fingerprint density at radius 2 is 1.94 bits per heavy atom. The SMILES string of the molecule is C=C(CC)CNCC(=O)NCc1ccccc1. The largest absolute Gasteiger partial charge is 0.351 e. The van der Waals surface area contributed by atoms with Gasteiger partial charge in [0.2, 0.25) is 5.91 Å². The number of hydrogen-bond acceptors (Lipinski definition) is 2. The van der Waals surface area contributed by atoms with Crippen molar-refractivity contribution in [1.82, 2.24) is 10.6 Å². The zero-order chi connectivity index (χ0) is 12.5. The molecule has 3 heteroatoms. The fourth-order valence-electron chi connectivity index (χ4n) is 1.34. The minimum absolute atomic E-state index is 0.0118. The molecule has 0 unspecified atom stereocenters. The van der Waals surface area contributed by atoms with Gasteiger partial charge in [0.25, 0.3) is 0 Å². The van der Waals surface area contributed by atoms with Crippen molar-refractivity contribution in [1.29, 1.82) is 0 Å². The van der Waals surface area contributed by atoms with Crippen LogP contribution in [0.15, 0.2) is 42.5 Å². The number of carbonyl (C=O) groups excluding carboxylic acids is 1. The maximum atomic E-state index is 11.5. The molecule has 0 aromatic heterocycles. The minimum atomic E-state index is 0.0118. The lowest BCUT2D eigenvalue weighted by molar-refractivity contribution is -0.120. The molecular weight excluding hydrogens is 212 g/mol. The molecule has 0 fully saturated rings. The Morgan fingerprint density at radius 1 is 1.24 bits per heavy atom. The highest BCUT2D eigenvalue weighted by Crippen LogP contribution is 1.96. The maximum absolute atomic E-state index is 11.5. The second-order valence-electron chi connectivity index (χ2n) is 3.97. The average molecular weight is 232 g/mol. The lowest BCUT2D eigenvalue weighted by Gasteiger charge is -2.07. The van der Waals surface area contributed by atoms with Crippen LogP contribution in [0.1, 0.15) is 18.9 Å². The van der Waals surface area contributed by atoms with Crippen LogP contribution >= 0.6 is 0 Å². The van der Waals surface area contributed by atoms with Gasteiger partial charge in [0.15, 0.2) is 0 Å². The van der Waals surface area contributed by atoms with Crippen LogP contribution in [0.3, 0.4) is 0 Å². The second-order valence-corrected chi connectivity index (χ2v) is 3.97. The molecule has 0 spiro atoms. The zero-order valence-electron chi connectivity index (χ0n) is 10.3. The van der Waals surface area contributed by atoms with Crippen LogP contribution in [0.2, 0.25) is 0 Å². The van der Waals surface area contributed by atoms with Gasteiger partial charge in [-0.15, -0.1) is 0 Å². The topological polar surface area (TPSA) is 41.1 Å². The van der Waals surface area contributed by atoms with Gasteiger partial charge >= 0.3 is 0 Å². The monoisotopic (exact) mass is 232 g/mol. The number of carbonyl (C=O) groups is 1. The van der Waals surface area contributed by atoms with Crippen molar-refractivity contribution in [3.05, 3.63) is 48.0 Å². The smallest absolute Gasteiger partial charge is 0.234 e. The van der Waals surface area contributed by atoms with Crippen molar-refractivity contribution < 1.29 is 4.79 Å². The molecule has 0 aliphatic carbocycles. The van der Waals surface area contributed by atoms with Crippen molar-refractivity contribution in [2.45, 2.75) is 19.9 Å². The summed E-state index contributed by atoms with van der Waals surface area (Å²) in [5.41, 5.74) is 2.22. The molecule has 0 aliphatic rings. The highest BCUT2D eigenvalue weighted by Gasteiger charge is 2.00. The predicted molar refractivity (Wildman–Crippen MR) is 70.6 cm³/mol. The van der Waals surface area contributed by atoms with Crippen molar-refractivity contribution in [3.8, 4) is 0 Å². The maximum Gasteiger partial charge on any atom is 0.234 e. The van der Waals surface area contributed by atoms with E-state index in [1.54, 1.807) is 0 Å². The highest BCUT2D eigenvalue weighted by atomic mass is 16.1. The molecule has 17 heavy (non-hydrogen) atoms. The number of nitrogens with one attached hydrogen (secondary N) is 2. The number of amides is 1. The predicted octanol–water partition coefficient (Wildman–Crippen LogP) is 1.86. The summed E-state index contributed by atoms with van der Waals surface area (Å²) >= 11 is 0.